The Kier molecular flexibility index (Phi) is 8.36. The van der Waals surface area contributed by atoms with Crippen molar-refractivity contribution in [3.8, 4) is 0 Å². The first kappa shape index (κ1) is 28.7. The van der Waals surface area contributed by atoms with Gasteiger partial charge in [0.2, 0.25) is 14.3 Å². The van der Waals surface area contributed by atoms with Crippen molar-refractivity contribution in [3.63, 3.8) is 0 Å². The Morgan fingerprint density at radius 3 is 2.58 bits per heavy atom. The predicted molar refractivity (Wildman–Crippen MR) is 153 cm³/mol. The number of halogens is 1. The molecule has 1 N–H and O–H groups in total. The fourth-order valence-electron chi connectivity index (χ4n) is 6.64. The molecule has 0 saturated carbocycles. The van der Waals surface area contributed by atoms with Gasteiger partial charge in [0.15, 0.2) is 5.60 Å². The van der Waals surface area contributed by atoms with E-state index in [2.05, 4.69) is 32.9 Å². The Morgan fingerprint density at radius 2 is 1.97 bits per heavy atom. The molecule has 2 amide bonds. The smallest absolute Gasteiger partial charge is 0.264 e. The number of hydrogen-bond acceptors (Lipinski definition) is 4. The van der Waals surface area contributed by atoms with E-state index in [9.17, 15) is 14.7 Å². The molecule has 2 fully saturated rings. The Balaban J connectivity index is 1.76. The highest BCUT2D eigenvalue weighted by Crippen LogP contribution is 2.60. The Morgan fingerprint density at radius 1 is 1.24 bits per heavy atom. The van der Waals surface area contributed by atoms with Crippen LogP contribution in [0.4, 0.5) is 15.5 Å². The van der Waals surface area contributed by atoms with E-state index in [0.29, 0.717) is 25.1 Å². The number of carbonyl (C=O) groups is 2. The van der Waals surface area contributed by atoms with Crippen molar-refractivity contribution < 1.29 is 23.5 Å². The molecule has 0 unspecified atom stereocenters. The third kappa shape index (κ3) is 5.15. The number of anilines is 2. The Bertz CT molecular complexity index is 1140. The van der Waals surface area contributed by atoms with Crippen molar-refractivity contribution in [2.24, 2.45) is 5.92 Å². The molecule has 38 heavy (non-hydrogen) atoms. The van der Waals surface area contributed by atoms with Gasteiger partial charge in [-0.1, -0.05) is 30.2 Å². The lowest BCUT2D eigenvalue weighted by molar-refractivity contribution is -0.146. The zero-order chi connectivity index (χ0) is 27.8. The lowest BCUT2D eigenvalue weighted by Gasteiger charge is -2.31. The summed E-state index contributed by atoms with van der Waals surface area (Å²) in [5.41, 5.74) is 2.94. The summed E-state index contributed by atoms with van der Waals surface area (Å²) in [6, 6.07) is 5.74. The van der Waals surface area contributed by atoms with E-state index in [4.69, 9.17) is 4.74 Å². The van der Waals surface area contributed by atoms with Crippen LogP contribution in [0.25, 0.3) is 0 Å². The van der Waals surface area contributed by atoms with Crippen molar-refractivity contribution in [1.82, 2.24) is 0 Å². The van der Waals surface area contributed by atoms with E-state index in [-0.39, 0.29) is 24.8 Å². The van der Waals surface area contributed by atoms with Crippen LogP contribution < -0.4 is 9.80 Å². The lowest BCUT2D eigenvalue weighted by Crippen LogP contribution is -2.45. The third-order valence-corrected chi connectivity index (χ3v) is 10.9. The van der Waals surface area contributed by atoms with Crippen LogP contribution >= 0.6 is 0 Å². The highest BCUT2D eigenvalue weighted by atomic mass is 28.4. The maximum atomic E-state index is 15.7. The maximum absolute atomic E-state index is 15.7. The molecule has 4 atom stereocenters. The van der Waals surface area contributed by atoms with Crippen LogP contribution in [0, 0.1) is 5.92 Å². The average Bonchev–Trinajstić information content (AvgIpc) is 3.46. The molecular weight excluding hydrogens is 499 g/mol. The topological polar surface area (TPSA) is 70.1 Å². The average molecular weight is 543 g/mol. The summed E-state index contributed by atoms with van der Waals surface area (Å²) < 4.78 is 22.4. The second-order valence-electron chi connectivity index (χ2n) is 11.9. The number of rotatable bonds is 9. The second kappa shape index (κ2) is 11.1. The molecule has 3 aliphatic heterocycles. The number of ether oxygens (including phenoxy) is 1. The van der Waals surface area contributed by atoms with E-state index in [1.165, 1.54) is 11.1 Å². The summed E-state index contributed by atoms with van der Waals surface area (Å²) >= 11 is 0. The molecule has 0 radical (unpaired) electrons. The molecule has 2 saturated heterocycles. The molecule has 3 aliphatic rings. The molecule has 0 aromatic heterocycles. The highest BCUT2D eigenvalue weighted by Gasteiger charge is 2.66. The fraction of sp³-hybridized carbons (Fsp3) is 0.600. The number of hydrogen-bond donors (Lipinski definition) is 1. The molecule has 6 nitrogen and oxygen atoms in total. The van der Waals surface area contributed by atoms with Gasteiger partial charge in [-0.05, 0) is 77.7 Å². The van der Waals surface area contributed by atoms with Crippen molar-refractivity contribution in [2.45, 2.75) is 90.1 Å². The number of aliphatic hydroxyl groups is 1. The third-order valence-electron chi connectivity index (χ3n) is 8.46. The fourth-order valence-corrected chi connectivity index (χ4v) is 9.18. The summed E-state index contributed by atoms with van der Waals surface area (Å²) in [6.45, 7) is 12.4. The van der Waals surface area contributed by atoms with E-state index in [0.717, 1.165) is 30.6 Å². The maximum Gasteiger partial charge on any atom is 0.264 e. The molecular formula is C30H43FN2O4Si. The van der Waals surface area contributed by atoms with Crippen LogP contribution in [-0.2, 0) is 19.9 Å². The minimum Gasteiger partial charge on any atom is -0.396 e. The standard InChI is InChI=1S/C30H43FN2O4Si/c1-20(2)9-7-10-21(3)14-17-33-25-13-12-23(32-16-8-11-27(32)35)19-24(25)30(29(33)36)22(4)28(38(5,6)31)26(37-30)15-18-34/h9,12-14,19,22,26,28,34H,7-8,10-11,15-18H2,1-6H3/b21-14+/t22-,26+,28-,30+/m1/s1. The Hall–Kier alpha value is -2.29. The molecule has 0 bridgehead atoms. The van der Waals surface area contributed by atoms with Gasteiger partial charge in [-0.3, -0.25) is 9.59 Å². The molecule has 8 heteroatoms. The van der Waals surface area contributed by atoms with Gasteiger partial charge in [0.1, 0.15) is 0 Å². The van der Waals surface area contributed by atoms with Gasteiger partial charge in [-0.2, -0.15) is 0 Å². The summed E-state index contributed by atoms with van der Waals surface area (Å²) in [4.78, 5) is 30.4. The molecule has 1 aromatic rings. The van der Waals surface area contributed by atoms with E-state index in [1.54, 1.807) is 22.9 Å². The predicted octanol–water partition coefficient (Wildman–Crippen LogP) is 6.01. The monoisotopic (exact) mass is 542 g/mol. The van der Waals surface area contributed by atoms with Gasteiger partial charge in [-0.25, -0.2) is 0 Å². The molecule has 4 rings (SSSR count). The van der Waals surface area contributed by atoms with Gasteiger partial charge in [0.05, 0.1) is 11.8 Å². The van der Waals surface area contributed by atoms with E-state index in [1.807, 2.05) is 25.1 Å². The van der Waals surface area contributed by atoms with Crippen LogP contribution in [0.15, 0.2) is 41.5 Å². The number of nitrogens with zero attached hydrogens (tertiary/aromatic N) is 2. The zero-order valence-electron chi connectivity index (χ0n) is 23.7. The number of aliphatic hydroxyl groups excluding tert-OH is 1. The number of amides is 2. The van der Waals surface area contributed by atoms with Crippen LogP contribution in [0.3, 0.4) is 0 Å². The van der Waals surface area contributed by atoms with Crippen LogP contribution in [0.1, 0.15) is 65.4 Å². The minimum atomic E-state index is -3.25. The van der Waals surface area contributed by atoms with Crippen molar-refractivity contribution in [1.29, 1.82) is 0 Å². The number of carbonyl (C=O) groups excluding carboxylic acids is 2. The quantitative estimate of drug-likeness (QED) is 0.236. The van der Waals surface area contributed by atoms with E-state index < -0.39 is 31.6 Å². The summed E-state index contributed by atoms with van der Waals surface area (Å²) in [6.07, 6.45) is 7.22. The second-order valence-corrected chi connectivity index (χ2v) is 15.7. The summed E-state index contributed by atoms with van der Waals surface area (Å²) in [5, 5.41) is 9.77. The van der Waals surface area contributed by atoms with Gasteiger partial charge in [-0.15, -0.1) is 0 Å². The molecule has 208 valence electrons. The molecule has 3 heterocycles. The summed E-state index contributed by atoms with van der Waals surface area (Å²) in [5.74, 6) is -0.514. The van der Waals surface area contributed by atoms with Gasteiger partial charge < -0.3 is 23.8 Å². The molecule has 1 aromatic carbocycles. The minimum absolute atomic E-state index is 0.0730. The molecule has 0 aliphatic carbocycles. The van der Waals surface area contributed by atoms with Crippen LogP contribution in [-0.4, -0.2) is 51.1 Å². The van der Waals surface area contributed by atoms with Crippen LogP contribution in [0.2, 0.25) is 18.6 Å². The first-order chi connectivity index (χ1) is 17.9. The number of benzene rings is 1. The number of fused-ring (bicyclic) bond motifs is 2. The van der Waals surface area contributed by atoms with Crippen molar-refractivity contribution in [3.05, 3.63) is 47.1 Å². The first-order valence-electron chi connectivity index (χ1n) is 13.9. The SMILES string of the molecule is CC(C)=CCC/C(C)=C/CN1C(=O)[C@@]2(O[C@@H](CCO)[C@H]([Si](C)(C)F)[C@H]2C)c2cc(N3CCCC3=O)ccc21. The first-order valence-corrected chi connectivity index (χ1v) is 16.9. The zero-order valence-corrected chi connectivity index (χ0v) is 24.7. The van der Waals surface area contributed by atoms with Crippen molar-refractivity contribution in [2.75, 3.05) is 29.5 Å². The molecule has 1 spiro atoms. The summed E-state index contributed by atoms with van der Waals surface area (Å²) in [7, 11) is -3.25. The largest absolute Gasteiger partial charge is 0.396 e. The highest BCUT2D eigenvalue weighted by molar-refractivity contribution is 6.72. The lowest BCUT2D eigenvalue weighted by atomic mass is 9.82. The van der Waals surface area contributed by atoms with E-state index >= 15 is 4.11 Å². The van der Waals surface area contributed by atoms with Gasteiger partial charge in [0.25, 0.3) is 5.91 Å². The normalized spacial score (nSPS) is 27.6. The van der Waals surface area contributed by atoms with Gasteiger partial charge in [0, 0.05) is 48.8 Å². The van der Waals surface area contributed by atoms with Gasteiger partial charge >= 0.3 is 0 Å². The Labute approximate surface area is 227 Å². The van der Waals surface area contributed by atoms with Crippen molar-refractivity contribution >= 4 is 31.6 Å². The van der Waals surface area contributed by atoms with Crippen LogP contribution in [0.5, 0.6) is 0 Å². The number of allylic oxidation sites excluding steroid dienone is 3.